The van der Waals surface area contributed by atoms with Gasteiger partial charge in [-0.1, -0.05) is 18.2 Å². The fourth-order valence-corrected chi connectivity index (χ4v) is 3.87. The quantitative estimate of drug-likeness (QED) is 0.776. The summed E-state index contributed by atoms with van der Waals surface area (Å²) >= 11 is 0. The van der Waals surface area contributed by atoms with Crippen molar-refractivity contribution in [3.05, 3.63) is 54.5 Å². The molecule has 1 N–H and O–H groups in total. The molecular formula is C20H24N4O. The van der Waals surface area contributed by atoms with Crippen LogP contribution < -0.4 is 0 Å². The molecule has 0 saturated carbocycles. The first kappa shape index (κ1) is 15.9. The number of aryl methyl sites for hydroxylation is 1. The molecule has 3 aromatic rings. The summed E-state index contributed by atoms with van der Waals surface area (Å²) in [5, 5.41) is 5.52. The Morgan fingerprint density at radius 1 is 1.24 bits per heavy atom. The van der Waals surface area contributed by atoms with Gasteiger partial charge in [0.25, 0.3) is 0 Å². The van der Waals surface area contributed by atoms with Gasteiger partial charge in [0.05, 0.1) is 12.6 Å². The average Bonchev–Trinajstić information content (AvgIpc) is 3.30. The van der Waals surface area contributed by atoms with Crippen LogP contribution in [0, 0.1) is 0 Å². The van der Waals surface area contributed by atoms with E-state index in [0.29, 0.717) is 6.42 Å². The van der Waals surface area contributed by atoms with Crippen molar-refractivity contribution in [3.63, 3.8) is 0 Å². The lowest BCUT2D eigenvalue weighted by atomic mass is 10.0. The number of rotatable bonds is 5. The van der Waals surface area contributed by atoms with Crippen molar-refractivity contribution in [3.8, 4) is 0 Å². The third-order valence-electron chi connectivity index (χ3n) is 5.19. The Morgan fingerprint density at radius 3 is 3.04 bits per heavy atom. The molecule has 1 atom stereocenters. The predicted octanol–water partition coefficient (Wildman–Crippen LogP) is 3.38. The summed E-state index contributed by atoms with van der Waals surface area (Å²) in [6.07, 6.45) is 10.5. The number of piperidine rings is 1. The zero-order valence-electron chi connectivity index (χ0n) is 14.4. The fourth-order valence-electron chi connectivity index (χ4n) is 3.87. The van der Waals surface area contributed by atoms with Crippen LogP contribution >= 0.6 is 0 Å². The van der Waals surface area contributed by atoms with Gasteiger partial charge in [0.1, 0.15) is 0 Å². The smallest absolute Gasteiger partial charge is 0.223 e. The number of nitrogens with one attached hydrogen (secondary N) is 1. The molecule has 1 amide bonds. The summed E-state index contributed by atoms with van der Waals surface area (Å²) in [6, 6.07) is 10.5. The number of H-pyrrole nitrogens is 1. The van der Waals surface area contributed by atoms with Gasteiger partial charge in [0.15, 0.2) is 0 Å². The number of amides is 1. The number of benzene rings is 1. The van der Waals surface area contributed by atoms with E-state index >= 15 is 0 Å². The molecule has 1 aliphatic rings. The molecule has 130 valence electrons. The van der Waals surface area contributed by atoms with Crippen LogP contribution in [0.2, 0.25) is 0 Å². The first-order chi connectivity index (χ1) is 12.3. The molecule has 3 heterocycles. The third-order valence-corrected chi connectivity index (χ3v) is 5.19. The number of aromatic nitrogens is 3. The number of aromatic amines is 1. The topological polar surface area (TPSA) is 53.9 Å². The summed E-state index contributed by atoms with van der Waals surface area (Å²) in [5.41, 5.74) is 2.36. The SMILES string of the molecule is O=C(CCc1c[nH]c2ccccc12)N1CCCC[C@H]1Cn1cccn1. The van der Waals surface area contributed by atoms with E-state index in [9.17, 15) is 4.79 Å². The zero-order valence-corrected chi connectivity index (χ0v) is 14.4. The highest BCUT2D eigenvalue weighted by molar-refractivity contribution is 5.84. The van der Waals surface area contributed by atoms with Crippen molar-refractivity contribution in [2.75, 3.05) is 6.54 Å². The molecule has 25 heavy (non-hydrogen) atoms. The van der Waals surface area contributed by atoms with Gasteiger partial charge in [-0.25, -0.2) is 0 Å². The minimum atomic E-state index is 0.266. The Morgan fingerprint density at radius 2 is 2.16 bits per heavy atom. The highest BCUT2D eigenvalue weighted by atomic mass is 16.2. The van der Waals surface area contributed by atoms with Gasteiger partial charge in [-0.3, -0.25) is 9.48 Å². The molecule has 5 nitrogen and oxygen atoms in total. The Hall–Kier alpha value is -2.56. The average molecular weight is 336 g/mol. The number of likely N-dealkylation sites (tertiary alicyclic amines) is 1. The number of carbonyl (C=O) groups excluding carboxylic acids is 1. The molecule has 2 aromatic heterocycles. The van der Waals surface area contributed by atoms with E-state index in [1.54, 1.807) is 6.20 Å². The number of para-hydroxylation sites is 1. The predicted molar refractivity (Wildman–Crippen MR) is 98.2 cm³/mol. The fraction of sp³-hybridized carbons (Fsp3) is 0.400. The minimum Gasteiger partial charge on any atom is -0.361 e. The standard InChI is InChI=1S/C20H24N4O/c25-20(10-9-16-14-21-19-8-2-1-7-18(16)19)24-13-4-3-6-17(24)15-23-12-5-11-22-23/h1-2,5,7-8,11-12,14,17,21H,3-4,6,9-10,13,15H2/t17-/m0/s1. The normalized spacial score (nSPS) is 17.9. The van der Waals surface area contributed by atoms with Crippen molar-refractivity contribution in [2.24, 2.45) is 0 Å². The van der Waals surface area contributed by atoms with Gasteiger partial charge < -0.3 is 9.88 Å². The summed E-state index contributed by atoms with van der Waals surface area (Å²) in [5.74, 6) is 0.266. The Kier molecular flexibility index (Phi) is 4.55. The summed E-state index contributed by atoms with van der Waals surface area (Å²) in [7, 11) is 0. The summed E-state index contributed by atoms with van der Waals surface area (Å²) in [6.45, 7) is 1.67. The largest absolute Gasteiger partial charge is 0.361 e. The number of nitrogens with zero attached hydrogens (tertiary/aromatic N) is 3. The molecule has 1 aromatic carbocycles. The van der Waals surface area contributed by atoms with Crippen LogP contribution in [-0.4, -0.2) is 38.2 Å². The maximum Gasteiger partial charge on any atom is 0.223 e. The van der Waals surface area contributed by atoms with Crippen molar-refractivity contribution >= 4 is 16.8 Å². The van der Waals surface area contributed by atoms with E-state index < -0.39 is 0 Å². The van der Waals surface area contributed by atoms with Crippen molar-refractivity contribution in [2.45, 2.75) is 44.7 Å². The molecule has 0 radical (unpaired) electrons. The molecule has 1 saturated heterocycles. The number of hydrogen-bond acceptors (Lipinski definition) is 2. The van der Waals surface area contributed by atoms with Crippen LogP contribution in [0.3, 0.4) is 0 Å². The lowest BCUT2D eigenvalue weighted by Gasteiger charge is -2.36. The van der Waals surface area contributed by atoms with E-state index in [4.69, 9.17) is 0 Å². The van der Waals surface area contributed by atoms with Gasteiger partial charge in [-0.05, 0) is 43.4 Å². The highest BCUT2D eigenvalue weighted by Crippen LogP contribution is 2.22. The molecular weight excluding hydrogens is 312 g/mol. The molecule has 5 heteroatoms. The monoisotopic (exact) mass is 336 g/mol. The Labute approximate surface area is 147 Å². The van der Waals surface area contributed by atoms with Crippen LogP contribution in [-0.2, 0) is 17.8 Å². The Balaban J connectivity index is 1.42. The number of fused-ring (bicyclic) bond motifs is 1. The lowest BCUT2D eigenvalue weighted by Crippen LogP contribution is -2.46. The van der Waals surface area contributed by atoms with E-state index in [0.717, 1.165) is 37.9 Å². The second-order valence-electron chi connectivity index (χ2n) is 6.82. The molecule has 0 aliphatic carbocycles. The van der Waals surface area contributed by atoms with E-state index in [1.165, 1.54) is 17.4 Å². The minimum absolute atomic E-state index is 0.266. The first-order valence-electron chi connectivity index (χ1n) is 9.13. The van der Waals surface area contributed by atoms with Crippen LogP contribution in [0.15, 0.2) is 48.9 Å². The number of carbonyl (C=O) groups is 1. The molecule has 0 spiro atoms. The van der Waals surface area contributed by atoms with Crippen molar-refractivity contribution < 1.29 is 4.79 Å². The van der Waals surface area contributed by atoms with Gasteiger partial charge in [0.2, 0.25) is 5.91 Å². The summed E-state index contributed by atoms with van der Waals surface area (Å²) < 4.78 is 1.94. The maximum atomic E-state index is 12.9. The maximum absolute atomic E-state index is 12.9. The van der Waals surface area contributed by atoms with E-state index in [1.807, 2.05) is 35.3 Å². The van der Waals surface area contributed by atoms with Crippen LogP contribution in [0.4, 0.5) is 0 Å². The van der Waals surface area contributed by atoms with Gasteiger partial charge in [0, 0.05) is 42.5 Å². The van der Waals surface area contributed by atoms with Gasteiger partial charge >= 0.3 is 0 Å². The molecule has 0 unspecified atom stereocenters. The van der Waals surface area contributed by atoms with E-state index in [-0.39, 0.29) is 11.9 Å². The van der Waals surface area contributed by atoms with E-state index in [2.05, 4.69) is 27.1 Å². The molecule has 1 aliphatic heterocycles. The van der Waals surface area contributed by atoms with Crippen LogP contribution in [0.1, 0.15) is 31.2 Å². The van der Waals surface area contributed by atoms with Crippen LogP contribution in [0.5, 0.6) is 0 Å². The zero-order chi connectivity index (χ0) is 17.1. The highest BCUT2D eigenvalue weighted by Gasteiger charge is 2.26. The summed E-state index contributed by atoms with van der Waals surface area (Å²) in [4.78, 5) is 18.2. The third kappa shape index (κ3) is 3.45. The lowest BCUT2D eigenvalue weighted by molar-refractivity contribution is -0.135. The van der Waals surface area contributed by atoms with Crippen molar-refractivity contribution in [1.82, 2.24) is 19.7 Å². The van der Waals surface area contributed by atoms with Crippen molar-refractivity contribution in [1.29, 1.82) is 0 Å². The second-order valence-corrected chi connectivity index (χ2v) is 6.82. The molecule has 4 rings (SSSR count). The molecule has 0 bridgehead atoms. The number of hydrogen-bond donors (Lipinski definition) is 1. The van der Waals surface area contributed by atoms with Gasteiger partial charge in [-0.15, -0.1) is 0 Å². The van der Waals surface area contributed by atoms with Crippen LogP contribution in [0.25, 0.3) is 10.9 Å². The first-order valence-corrected chi connectivity index (χ1v) is 9.13. The second kappa shape index (κ2) is 7.13. The molecule has 1 fully saturated rings. The van der Waals surface area contributed by atoms with Gasteiger partial charge in [-0.2, -0.15) is 5.10 Å². The Bertz CT molecular complexity index is 836.